The third-order valence-corrected chi connectivity index (χ3v) is 2.59. The number of nitrogens with one attached hydrogen (secondary N) is 1. The molecule has 0 saturated heterocycles. The van der Waals surface area contributed by atoms with Crippen molar-refractivity contribution in [2.75, 3.05) is 0 Å². The highest BCUT2D eigenvalue weighted by atomic mass is 16.6. The number of rotatable bonds is 2. The second kappa shape index (κ2) is 6.94. The number of carbonyl (C=O) groups is 4. The van der Waals surface area contributed by atoms with E-state index in [1.54, 1.807) is 12.2 Å². The average molecular weight is 297 g/mol. The van der Waals surface area contributed by atoms with Gasteiger partial charge in [0.15, 0.2) is 0 Å². The molecule has 0 radical (unpaired) electrons. The molecule has 2 heterocycles. The van der Waals surface area contributed by atoms with E-state index in [9.17, 15) is 19.2 Å². The van der Waals surface area contributed by atoms with Crippen molar-refractivity contribution in [3.8, 4) is 0 Å². The predicted octanol–water partition coefficient (Wildman–Crippen LogP) is 0.909. The third-order valence-electron chi connectivity index (χ3n) is 2.59. The van der Waals surface area contributed by atoms with Crippen molar-refractivity contribution in [3.05, 3.63) is 65.8 Å². The molecule has 0 aromatic heterocycles. The lowest BCUT2D eigenvalue weighted by molar-refractivity contribution is -0.150. The van der Waals surface area contributed by atoms with Crippen LogP contribution in [0.5, 0.6) is 0 Å². The number of amides is 2. The standard InChI is InChI=1S/C12H8O3.C4H3NO2/c13-11-8-10(12(14)15-11)7-6-9-4-2-1-3-5-9;6-3-1-2-4(7)5-3/h1-8H;1-2H,(H,5,6,7). The first kappa shape index (κ1) is 15.1. The first-order chi connectivity index (χ1) is 10.5. The molecule has 0 bridgehead atoms. The fourth-order valence-electron chi connectivity index (χ4n) is 1.59. The van der Waals surface area contributed by atoms with Crippen molar-refractivity contribution in [2.45, 2.75) is 0 Å². The molecule has 0 fully saturated rings. The van der Waals surface area contributed by atoms with E-state index >= 15 is 0 Å². The van der Waals surface area contributed by atoms with Crippen LogP contribution in [-0.4, -0.2) is 23.8 Å². The van der Waals surface area contributed by atoms with Crippen LogP contribution in [0, 0.1) is 0 Å². The molecule has 6 nitrogen and oxygen atoms in total. The largest absolute Gasteiger partial charge is 0.386 e. The van der Waals surface area contributed by atoms with Gasteiger partial charge in [0.25, 0.3) is 11.8 Å². The minimum absolute atomic E-state index is 0.281. The Labute approximate surface area is 125 Å². The van der Waals surface area contributed by atoms with Crippen molar-refractivity contribution in [1.82, 2.24) is 5.32 Å². The molecule has 3 rings (SSSR count). The van der Waals surface area contributed by atoms with Gasteiger partial charge >= 0.3 is 11.9 Å². The summed E-state index contributed by atoms with van der Waals surface area (Å²) in [5, 5.41) is 2.03. The molecule has 1 N–H and O–H groups in total. The zero-order valence-corrected chi connectivity index (χ0v) is 11.3. The number of ether oxygens (including phenoxy) is 1. The summed E-state index contributed by atoms with van der Waals surface area (Å²) in [6.45, 7) is 0. The lowest BCUT2D eigenvalue weighted by Gasteiger charge is -1.91. The molecule has 0 unspecified atom stereocenters. The summed E-state index contributed by atoms with van der Waals surface area (Å²) < 4.78 is 4.34. The van der Waals surface area contributed by atoms with Crippen LogP contribution < -0.4 is 5.32 Å². The second-order valence-corrected chi connectivity index (χ2v) is 4.24. The molecule has 0 saturated carbocycles. The first-order valence-electron chi connectivity index (χ1n) is 6.28. The fourth-order valence-corrected chi connectivity index (χ4v) is 1.59. The average Bonchev–Trinajstić information content (AvgIpc) is 3.03. The summed E-state index contributed by atoms with van der Waals surface area (Å²) in [6.07, 6.45) is 6.90. The van der Waals surface area contributed by atoms with Crippen molar-refractivity contribution < 1.29 is 23.9 Å². The molecular formula is C16H11NO5. The maximum atomic E-state index is 11.0. The van der Waals surface area contributed by atoms with E-state index in [1.807, 2.05) is 35.6 Å². The van der Waals surface area contributed by atoms with Gasteiger partial charge in [-0.3, -0.25) is 14.9 Å². The van der Waals surface area contributed by atoms with Gasteiger partial charge in [-0.2, -0.15) is 0 Å². The molecule has 0 atom stereocenters. The van der Waals surface area contributed by atoms with Gasteiger partial charge in [-0.05, 0) is 11.6 Å². The summed E-state index contributed by atoms with van der Waals surface area (Å²) in [4.78, 5) is 41.8. The molecule has 22 heavy (non-hydrogen) atoms. The van der Waals surface area contributed by atoms with Crippen LogP contribution in [0.4, 0.5) is 0 Å². The maximum Gasteiger partial charge on any atom is 0.346 e. The normalized spacial score (nSPS) is 16.3. The summed E-state index contributed by atoms with van der Waals surface area (Å²) in [5.41, 5.74) is 1.24. The van der Waals surface area contributed by atoms with Crippen LogP contribution >= 0.6 is 0 Å². The van der Waals surface area contributed by atoms with Crippen LogP contribution in [0.3, 0.4) is 0 Å². The molecule has 110 valence electrons. The van der Waals surface area contributed by atoms with Crippen molar-refractivity contribution >= 4 is 29.8 Å². The van der Waals surface area contributed by atoms with Gasteiger partial charge in [-0.1, -0.05) is 36.4 Å². The Morgan fingerprint density at radius 2 is 1.50 bits per heavy atom. The van der Waals surface area contributed by atoms with Crippen LogP contribution in [0.25, 0.3) is 6.08 Å². The van der Waals surface area contributed by atoms with Crippen LogP contribution in [0.2, 0.25) is 0 Å². The Balaban J connectivity index is 0.000000211. The predicted molar refractivity (Wildman–Crippen MR) is 76.9 cm³/mol. The minimum atomic E-state index is -0.604. The first-order valence-corrected chi connectivity index (χ1v) is 6.28. The van der Waals surface area contributed by atoms with E-state index in [0.29, 0.717) is 0 Å². The van der Waals surface area contributed by atoms with Gasteiger partial charge in [-0.15, -0.1) is 0 Å². The SMILES string of the molecule is O=C1C=C(C=Cc2ccccc2)C(=O)O1.O=C1C=CC(=O)N1. The highest BCUT2D eigenvalue weighted by Gasteiger charge is 2.20. The summed E-state index contributed by atoms with van der Waals surface area (Å²) in [7, 11) is 0. The van der Waals surface area contributed by atoms with Gasteiger partial charge < -0.3 is 4.74 Å². The quantitative estimate of drug-likeness (QED) is 0.498. The van der Waals surface area contributed by atoms with Crippen molar-refractivity contribution in [3.63, 3.8) is 0 Å². The maximum absolute atomic E-state index is 11.0. The van der Waals surface area contributed by atoms with Gasteiger partial charge in [0.2, 0.25) is 0 Å². The van der Waals surface area contributed by atoms with Gasteiger partial charge in [0.05, 0.1) is 5.57 Å². The van der Waals surface area contributed by atoms with Crippen molar-refractivity contribution in [2.24, 2.45) is 0 Å². The van der Waals surface area contributed by atoms with E-state index in [0.717, 1.165) is 5.56 Å². The Morgan fingerprint density at radius 3 is 1.95 bits per heavy atom. The van der Waals surface area contributed by atoms with Crippen LogP contribution in [0.1, 0.15) is 5.56 Å². The zero-order chi connectivity index (χ0) is 15.9. The second-order valence-electron chi connectivity index (χ2n) is 4.24. The molecule has 2 aliphatic rings. The molecule has 2 aliphatic heterocycles. The lowest BCUT2D eigenvalue weighted by Crippen LogP contribution is -2.19. The smallest absolute Gasteiger partial charge is 0.346 e. The zero-order valence-electron chi connectivity index (χ0n) is 11.3. The Morgan fingerprint density at radius 1 is 0.864 bits per heavy atom. The van der Waals surface area contributed by atoms with E-state index < -0.39 is 11.9 Å². The van der Waals surface area contributed by atoms with E-state index in [2.05, 4.69) is 4.74 Å². The number of hydrogen-bond acceptors (Lipinski definition) is 5. The van der Waals surface area contributed by atoms with Crippen LogP contribution in [-0.2, 0) is 23.9 Å². The number of hydrogen-bond donors (Lipinski definition) is 1. The van der Waals surface area contributed by atoms with Gasteiger partial charge in [0.1, 0.15) is 0 Å². The summed E-state index contributed by atoms with van der Waals surface area (Å²) in [6, 6.07) is 9.50. The monoisotopic (exact) mass is 297 g/mol. The number of carbonyl (C=O) groups excluding carboxylic acids is 4. The number of imide groups is 1. The summed E-state index contributed by atoms with van der Waals surface area (Å²) in [5.74, 6) is -1.85. The van der Waals surface area contributed by atoms with E-state index in [-0.39, 0.29) is 17.4 Å². The molecule has 6 heteroatoms. The third kappa shape index (κ3) is 4.38. The molecular weight excluding hydrogens is 286 g/mol. The summed E-state index contributed by atoms with van der Waals surface area (Å²) >= 11 is 0. The Kier molecular flexibility index (Phi) is 4.77. The number of esters is 2. The Hall–Kier alpha value is -3.28. The molecule has 0 aliphatic carbocycles. The lowest BCUT2D eigenvalue weighted by atomic mass is 10.1. The Bertz CT molecular complexity index is 697. The highest BCUT2D eigenvalue weighted by Crippen LogP contribution is 2.11. The minimum Gasteiger partial charge on any atom is -0.386 e. The van der Waals surface area contributed by atoms with Gasteiger partial charge in [0, 0.05) is 18.2 Å². The highest BCUT2D eigenvalue weighted by molar-refractivity contribution is 6.13. The molecule has 1 aromatic rings. The van der Waals surface area contributed by atoms with E-state index in [1.165, 1.54) is 18.2 Å². The van der Waals surface area contributed by atoms with Gasteiger partial charge in [-0.25, -0.2) is 9.59 Å². The molecule has 0 spiro atoms. The fraction of sp³-hybridized carbons (Fsp3) is 0. The molecule has 1 aromatic carbocycles. The topological polar surface area (TPSA) is 89.5 Å². The molecule has 2 amide bonds. The van der Waals surface area contributed by atoms with Crippen molar-refractivity contribution in [1.29, 1.82) is 0 Å². The number of cyclic esters (lactones) is 2. The van der Waals surface area contributed by atoms with Crippen LogP contribution in [0.15, 0.2) is 60.2 Å². The van der Waals surface area contributed by atoms with E-state index in [4.69, 9.17) is 0 Å². The number of benzene rings is 1.